The number of aromatic nitrogens is 3. The number of benzene rings is 2. The number of thioether (sulfide) groups is 1. The van der Waals surface area contributed by atoms with E-state index in [1.54, 1.807) is 44.2 Å². The average molecular weight is 618 g/mol. The molecule has 7 nitrogen and oxygen atoms in total. The number of halogens is 2. The molecule has 0 bridgehead atoms. The first-order valence-corrected chi connectivity index (χ1v) is 14.4. The Morgan fingerprint density at radius 1 is 1.16 bits per heavy atom. The van der Waals surface area contributed by atoms with Crippen molar-refractivity contribution >= 4 is 67.2 Å². The monoisotopic (exact) mass is 616 g/mol. The van der Waals surface area contributed by atoms with Gasteiger partial charge in [-0.1, -0.05) is 63.3 Å². The van der Waals surface area contributed by atoms with Gasteiger partial charge < -0.3 is 5.11 Å². The van der Waals surface area contributed by atoms with Crippen molar-refractivity contribution in [2.75, 3.05) is 4.90 Å². The molecule has 37 heavy (non-hydrogen) atoms. The number of aliphatic hydroxyl groups excluding tert-OH is 1. The van der Waals surface area contributed by atoms with Crippen molar-refractivity contribution in [1.82, 2.24) is 15.2 Å². The molecule has 0 radical (unpaired) electrons. The van der Waals surface area contributed by atoms with E-state index in [0.29, 0.717) is 31.2 Å². The average Bonchev–Trinajstić information content (AvgIpc) is 3.54. The van der Waals surface area contributed by atoms with Crippen LogP contribution in [0.15, 0.2) is 68.7 Å². The molecule has 0 fully saturated rings. The lowest BCUT2D eigenvalue weighted by atomic mass is 9.95. The minimum Gasteiger partial charge on any atom is -0.503 e. The van der Waals surface area contributed by atoms with E-state index in [-0.39, 0.29) is 16.5 Å². The first-order chi connectivity index (χ1) is 17.7. The van der Waals surface area contributed by atoms with Gasteiger partial charge in [0.2, 0.25) is 10.9 Å². The molecule has 4 aromatic rings. The zero-order valence-corrected chi connectivity index (χ0v) is 23.5. The van der Waals surface area contributed by atoms with Crippen LogP contribution in [0.4, 0.5) is 9.52 Å². The zero-order chi connectivity index (χ0) is 26.3. The third-order valence-electron chi connectivity index (χ3n) is 5.60. The van der Waals surface area contributed by atoms with Gasteiger partial charge in [0.05, 0.1) is 27.2 Å². The van der Waals surface area contributed by atoms with Crippen LogP contribution in [0.1, 0.15) is 37.5 Å². The Balaban J connectivity index is 1.51. The van der Waals surface area contributed by atoms with E-state index in [4.69, 9.17) is 0 Å². The van der Waals surface area contributed by atoms with E-state index in [0.717, 1.165) is 10.0 Å². The van der Waals surface area contributed by atoms with Crippen LogP contribution in [0.3, 0.4) is 0 Å². The van der Waals surface area contributed by atoms with Gasteiger partial charge in [0, 0.05) is 10.2 Å². The molecule has 1 atom stereocenters. The van der Waals surface area contributed by atoms with Gasteiger partial charge in [-0.2, -0.15) is 0 Å². The Morgan fingerprint density at radius 3 is 2.59 bits per heavy atom. The first-order valence-electron chi connectivity index (χ1n) is 10.9. The van der Waals surface area contributed by atoms with Gasteiger partial charge >= 0.3 is 0 Å². The lowest BCUT2D eigenvalue weighted by molar-refractivity contribution is -0.117. The summed E-state index contributed by atoms with van der Waals surface area (Å²) in [6, 6.07) is 12.5. The van der Waals surface area contributed by atoms with E-state index in [1.807, 2.05) is 6.07 Å². The SMILES string of the molecule is Cc1nc(C)c(C(=O)C2=C(O)C(=O)N(c3nnc(SCc4ccc(F)cc4)s3)C2c2cccc(Br)c2)s1. The van der Waals surface area contributed by atoms with Crippen molar-refractivity contribution in [2.45, 2.75) is 30.0 Å². The standard InChI is InChI=1S/C25H18BrFN4O3S3/c1-12-22(36-13(2)28-12)20(32)18-19(15-4-3-5-16(26)10-15)31(23(34)21(18)33)24-29-30-25(37-24)35-11-14-6-8-17(27)9-7-14/h3-10,19,33H,11H2,1-2H3. The molecule has 2 aromatic carbocycles. The third-order valence-corrected chi connectivity index (χ3v) is 9.30. The van der Waals surface area contributed by atoms with Gasteiger partial charge in [-0.15, -0.1) is 21.5 Å². The maximum absolute atomic E-state index is 13.7. The molecular formula is C25H18BrFN4O3S3. The second kappa shape index (κ2) is 10.4. The van der Waals surface area contributed by atoms with Crippen molar-refractivity contribution in [3.8, 4) is 0 Å². The summed E-state index contributed by atoms with van der Waals surface area (Å²) in [5, 5.41) is 20.4. The van der Waals surface area contributed by atoms with E-state index in [9.17, 15) is 19.1 Å². The number of rotatable bonds is 7. The molecule has 1 unspecified atom stereocenters. The molecule has 12 heteroatoms. The number of aryl methyl sites for hydroxylation is 2. The lowest BCUT2D eigenvalue weighted by Gasteiger charge is -2.24. The minimum atomic E-state index is -0.901. The normalized spacial score (nSPS) is 15.6. The number of aliphatic hydroxyl groups is 1. The van der Waals surface area contributed by atoms with Crippen molar-refractivity contribution in [3.63, 3.8) is 0 Å². The van der Waals surface area contributed by atoms with E-state index >= 15 is 0 Å². The molecule has 1 aliphatic heterocycles. The lowest BCUT2D eigenvalue weighted by Crippen LogP contribution is -2.31. The number of hydrogen-bond donors (Lipinski definition) is 1. The van der Waals surface area contributed by atoms with Gasteiger partial charge in [-0.3, -0.25) is 14.5 Å². The summed E-state index contributed by atoms with van der Waals surface area (Å²) in [7, 11) is 0. The number of ketones is 1. The Hall–Kier alpha value is -2.93. The highest BCUT2D eigenvalue weighted by molar-refractivity contribution is 9.10. The van der Waals surface area contributed by atoms with Gasteiger partial charge in [0.25, 0.3) is 5.91 Å². The highest BCUT2D eigenvalue weighted by atomic mass is 79.9. The number of nitrogens with zero attached hydrogens (tertiary/aromatic N) is 4. The Kier molecular flexibility index (Phi) is 7.26. The van der Waals surface area contributed by atoms with Crippen molar-refractivity contribution in [2.24, 2.45) is 0 Å². The quantitative estimate of drug-likeness (QED) is 0.142. The molecular weight excluding hydrogens is 599 g/mol. The second-order valence-corrected chi connectivity index (χ2v) is 12.4. The van der Waals surface area contributed by atoms with Crippen LogP contribution in [-0.4, -0.2) is 32.0 Å². The van der Waals surface area contributed by atoms with Crippen molar-refractivity contribution < 1.29 is 19.1 Å². The predicted molar refractivity (Wildman–Crippen MR) is 146 cm³/mol. The summed E-state index contributed by atoms with van der Waals surface area (Å²) in [6.45, 7) is 3.53. The van der Waals surface area contributed by atoms with Crippen molar-refractivity contribution in [1.29, 1.82) is 0 Å². The largest absolute Gasteiger partial charge is 0.503 e. The Labute approximate surface area is 232 Å². The number of carbonyl (C=O) groups excluding carboxylic acids is 2. The zero-order valence-electron chi connectivity index (χ0n) is 19.4. The van der Waals surface area contributed by atoms with Crippen LogP contribution in [0.5, 0.6) is 0 Å². The van der Waals surface area contributed by atoms with Crippen LogP contribution in [0, 0.1) is 19.7 Å². The minimum absolute atomic E-state index is 0.0226. The van der Waals surface area contributed by atoms with E-state index in [1.165, 1.54) is 51.5 Å². The Morgan fingerprint density at radius 2 is 1.92 bits per heavy atom. The van der Waals surface area contributed by atoms with Gasteiger partial charge in [-0.25, -0.2) is 9.37 Å². The van der Waals surface area contributed by atoms with Crippen LogP contribution in [0.2, 0.25) is 0 Å². The maximum Gasteiger partial charge on any atom is 0.296 e. The summed E-state index contributed by atoms with van der Waals surface area (Å²) in [5.74, 6) is -1.55. The summed E-state index contributed by atoms with van der Waals surface area (Å²) >= 11 is 7.25. The number of amides is 1. The first kappa shape index (κ1) is 25.7. The molecule has 2 aromatic heterocycles. The van der Waals surface area contributed by atoms with Crippen molar-refractivity contribution in [3.05, 3.63) is 96.9 Å². The summed E-state index contributed by atoms with van der Waals surface area (Å²) in [4.78, 5) is 33.1. The molecule has 188 valence electrons. The van der Waals surface area contributed by atoms with Crippen LogP contribution < -0.4 is 4.90 Å². The smallest absolute Gasteiger partial charge is 0.296 e. The number of hydrogen-bond acceptors (Lipinski definition) is 9. The number of anilines is 1. The van der Waals surface area contributed by atoms with Gasteiger partial charge in [0.15, 0.2) is 10.1 Å². The molecule has 1 N–H and O–H groups in total. The maximum atomic E-state index is 13.7. The fraction of sp³-hybridized carbons (Fsp3) is 0.160. The molecule has 3 heterocycles. The van der Waals surface area contributed by atoms with Crippen LogP contribution in [0.25, 0.3) is 0 Å². The number of carbonyl (C=O) groups is 2. The second-order valence-electron chi connectivity index (χ2n) is 8.14. The van der Waals surface area contributed by atoms with E-state index < -0.39 is 23.5 Å². The summed E-state index contributed by atoms with van der Waals surface area (Å²) < 4.78 is 14.5. The molecule has 0 aliphatic carbocycles. The number of thiazole rings is 1. The van der Waals surface area contributed by atoms with Gasteiger partial charge in [-0.05, 0) is 49.2 Å². The highest BCUT2D eigenvalue weighted by Gasteiger charge is 2.46. The highest BCUT2D eigenvalue weighted by Crippen LogP contribution is 2.44. The molecule has 1 aliphatic rings. The number of Topliss-reactive ketones (excluding diaryl/α,β-unsaturated/α-hetero) is 1. The molecule has 0 saturated heterocycles. The fourth-order valence-electron chi connectivity index (χ4n) is 3.97. The molecule has 1 amide bonds. The van der Waals surface area contributed by atoms with Crippen LogP contribution >= 0.6 is 50.4 Å². The third kappa shape index (κ3) is 5.11. The topological polar surface area (TPSA) is 96.3 Å². The predicted octanol–water partition coefficient (Wildman–Crippen LogP) is 6.59. The van der Waals surface area contributed by atoms with Gasteiger partial charge in [0.1, 0.15) is 5.82 Å². The molecule has 0 saturated carbocycles. The summed E-state index contributed by atoms with van der Waals surface area (Å²) in [5.41, 5.74) is 2.06. The molecule has 5 rings (SSSR count). The van der Waals surface area contributed by atoms with Crippen LogP contribution in [-0.2, 0) is 10.5 Å². The Bertz CT molecular complexity index is 1550. The molecule has 0 spiro atoms. The van der Waals surface area contributed by atoms with E-state index in [2.05, 4.69) is 31.1 Å². The summed E-state index contributed by atoms with van der Waals surface area (Å²) in [6.07, 6.45) is 0. The fourth-order valence-corrected chi connectivity index (χ4v) is 7.09.